The van der Waals surface area contributed by atoms with Gasteiger partial charge in [0.1, 0.15) is 10.8 Å². The Morgan fingerprint density at radius 1 is 1.19 bits per heavy atom. The van der Waals surface area contributed by atoms with E-state index in [2.05, 4.69) is 15.5 Å². The number of anilines is 1. The molecule has 1 fully saturated rings. The number of carbonyl (C=O) groups is 1. The Morgan fingerprint density at radius 3 is 2.71 bits per heavy atom. The van der Waals surface area contributed by atoms with Crippen molar-refractivity contribution in [3.05, 3.63) is 69.4 Å². The SMILES string of the molecule is O=C(Nc1ccc(Cl)cc1)c1nnc([C@@H]2CCCN(S(=O)(=O)c3cccc(F)c3)C2)s1. The summed E-state index contributed by atoms with van der Waals surface area (Å²) in [6.45, 7) is 0.546. The number of benzene rings is 2. The average Bonchev–Trinajstić information content (AvgIpc) is 3.26. The summed E-state index contributed by atoms with van der Waals surface area (Å²) >= 11 is 6.99. The lowest BCUT2D eigenvalue weighted by Gasteiger charge is -2.30. The van der Waals surface area contributed by atoms with Gasteiger partial charge in [-0.3, -0.25) is 4.79 Å². The maximum atomic E-state index is 13.5. The molecule has 2 heterocycles. The van der Waals surface area contributed by atoms with Gasteiger partial charge in [-0.2, -0.15) is 4.31 Å². The number of carbonyl (C=O) groups excluding carboxylic acids is 1. The minimum Gasteiger partial charge on any atom is -0.320 e. The van der Waals surface area contributed by atoms with Gasteiger partial charge in [0.2, 0.25) is 15.0 Å². The quantitative estimate of drug-likeness (QED) is 0.592. The third-order valence-electron chi connectivity index (χ3n) is 4.90. The molecule has 11 heteroatoms. The van der Waals surface area contributed by atoms with Crippen molar-refractivity contribution < 1.29 is 17.6 Å². The number of rotatable bonds is 5. The minimum atomic E-state index is -3.82. The first-order chi connectivity index (χ1) is 14.8. The molecule has 4 rings (SSSR count). The van der Waals surface area contributed by atoms with Gasteiger partial charge in [0.05, 0.1) is 4.90 Å². The summed E-state index contributed by atoms with van der Waals surface area (Å²) in [6.07, 6.45) is 1.35. The second-order valence-corrected chi connectivity index (χ2v) is 10.4. The lowest BCUT2D eigenvalue weighted by Crippen LogP contribution is -2.39. The predicted molar refractivity (Wildman–Crippen MR) is 116 cm³/mol. The molecular formula is C20H18ClFN4O3S2. The van der Waals surface area contributed by atoms with Crippen molar-refractivity contribution in [1.29, 1.82) is 0 Å². The van der Waals surface area contributed by atoms with Crippen LogP contribution in [0.15, 0.2) is 53.4 Å². The van der Waals surface area contributed by atoms with Crippen LogP contribution in [0.5, 0.6) is 0 Å². The maximum absolute atomic E-state index is 13.5. The highest BCUT2D eigenvalue weighted by atomic mass is 35.5. The van der Waals surface area contributed by atoms with Crippen LogP contribution in [-0.4, -0.2) is 41.9 Å². The highest BCUT2D eigenvalue weighted by molar-refractivity contribution is 7.89. The monoisotopic (exact) mass is 480 g/mol. The second kappa shape index (κ2) is 8.99. The summed E-state index contributed by atoms with van der Waals surface area (Å²) in [7, 11) is -3.82. The molecule has 1 atom stereocenters. The molecule has 1 aliphatic rings. The predicted octanol–water partition coefficient (Wildman–Crippen LogP) is 4.15. The van der Waals surface area contributed by atoms with Crippen LogP contribution < -0.4 is 5.32 Å². The smallest absolute Gasteiger partial charge is 0.286 e. The number of amides is 1. The van der Waals surface area contributed by atoms with E-state index in [-0.39, 0.29) is 22.4 Å². The van der Waals surface area contributed by atoms with E-state index in [1.807, 2.05) is 0 Å². The Balaban J connectivity index is 1.47. The van der Waals surface area contributed by atoms with Crippen LogP contribution in [0.3, 0.4) is 0 Å². The average molecular weight is 481 g/mol. The number of aromatic nitrogens is 2. The number of nitrogens with one attached hydrogen (secondary N) is 1. The zero-order valence-electron chi connectivity index (χ0n) is 16.2. The highest BCUT2D eigenvalue weighted by Crippen LogP contribution is 2.32. The number of hydrogen-bond acceptors (Lipinski definition) is 6. The first-order valence-electron chi connectivity index (χ1n) is 9.49. The molecular weight excluding hydrogens is 463 g/mol. The summed E-state index contributed by atoms with van der Waals surface area (Å²) in [5, 5.41) is 12.2. The normalized spacial score (nSPS) is 17.4. The third-order valence-corrected chi connectivity index (χ3v) is 8.10. The molecule has 2 aromatic carbocycles. The Labute approximate surface area is 187 Å². The van der Waals surface area contributed by atoms with Crippen LogP contribution in [0, 0.1) is 5.82 Å². The summed E-state index contributed by atoms with van der Waals surface area (Å²) in [6, 6.07) is 11.7. The lowest BCUT2D eigenvalue weighted by molar-refractivity contribution is 0.102. The van der Waals surface area contributed by atoms with Crippen molar-refractivity contribution in [1.82, 2.24) is 14.5 Å². The van der Waals surface area contributed by atoms with Gasteiger partial charge in [0.15, 0.2) is 0 Å². The van der Waals surface area contributed by atoms with E-state index < -0.39 is 21.7 Å². The topological polar surface area (TPSA) is 92.3 Å². The molecule has 1 N–H and O–H groups in total. The molecule has 1 aromatic heterocycles. The third kappa shape index (κ3) is 4.93. The van der Waals surface area contributed by atoms with E-state index >= 15 is 0 Å². The van der Waals surface area contributed by atoms with Crippen LogP contribution in [0.25, 0.3) is 0 Å². The van der Waals surface area contributed by atoms with Crippen LogP contribution >= 0.6 is 22.9 Å². The van der Waals surface area contributed by atoms with Crippen LogP contribution in [0.2, 0.25) is 5.02 Å². The molecule has 1 amide bonds. The Bertz CT molecular complexity index is 1200. The molecule has 0 saturated carbocycles. The van der Waals surface area contributed by atoms with Crippen molar-refractivity contribution in [2.24, 2.45) is 0 Å². The van der Waals surface area contributed by atoms with Crippen LogP contribution in [-0.2, 0) is 10.0 Å². The number of piperidine rings is 1. The van der Waals surface area contributed by atoms with Crippen molar-refractivity contribution in [2.45, 2.75) is 23.7 Å². The van der Waals surface area contributed by atoms with E-state index in [9.17, 15) is 17.6 Å². The summed E-state index contributed by atoms with van der Waals surface area (Å²) in [5.74, 6) is -1.19. The number of halogens is 2. The van der Waals surface area contributed by atoms with Crippen molar-refractivity contribution in [3.8, 4) is 0 Å². The highest BCUT2D eigenvalue weighted by Gasteiger charge is 2.33. The molecule has 7 nitrogen and oxygen atoms in total. The fourth-order valence-corrected chi connectivity index (χ4v) is 5.89. The van der Waals surface area contributed by atoms with Crippen molar-refractivity contribution >= 4 is 44.6 Å². The van der Waals surface area contributed by atoms with Gasteiger partial charge in [0, 0.05) is 29.7 Å². The van der Waals surface area contributed by atoms with Crippen LogP contribution in [0.1, 0.15) is 33.6 Å². The molecule has 0 unspecified atom stereocenters. The maximum Gasteiger partial charge on any atom is 0.286 e. The van der Waals surface area contributed by atoms with E-state index in [1.54, 1.807) is 24.3 Å². The summed E-state index contributed by atoms with van der Waals surface area (Å²) in [4.78, 5) is 12.4. The molecule has 31 heavy (non-hydrogen) atoms. The molecule has 1 saturated heterocycles. The Hall–Kier alpha value is -2.40. The lowest BCUT2D eigenvalue weighted by atomic mass is 10.0. The van der Waals surface area contributed by atoms with E-state index in [0.717, 1.165) is 23.8 Å². The molecule has 0 aliphatic carbocycles. The largest absolute Gasteiger partial charge is 0.320 e. The fourth-order valence-electron chi connectivity index (χ4n) is 3.35. The molecule has 0 bridgehead atoms. The van der Waals surface area contributed by atoms with Crippen LogP contribution in [0.4, 0.5) is 10.1 Å². The van der Waals surface area contributed by atoms with Gasteiger partial charge in [-0.05, 0) is 55.3 Å². The molecule has 0 radical (unpaired) electrons. The number of nitrogens with zero attached hydrogens (tertiary/aromatic N) is 3. The van der Waals surface area contributed by atoms with Crippen molar-refractivity contribution in [2.75, 3.05) is 18.4 Å². The van der Waals surface area contributed by atoms with Gasteiger partial charge in [-0.1, -0.05) is 29.0 Å². The molecule has 162 valence electrons. The van der Waals surface area contributed by atoms with E-state index in [0.29, 0.717) is 28.7 Å². The fraction of sp³-hybridized carbons (Fsp3) is 0.250. The van der Waals surface area contributed by atoms with Gasteiger partial charge < -0.3 is 5.32 Å². The van der Waals surface area contributed by atoms with Crippen molar-refractivity contribution in [3.63, 3.8) is 0 Å². The minimum absolute atomic E-state index is 0.0755. The Kier molecular flexibility index (Phi) is 6.33. The first-order valence-corrected chi connectivity index (χ1v) is 12.1. The zero-order valence-corrected chi connectivity index (χ0v) is 18.6. The molecule has 3 aromatic rings. The molecule has 1 aliphatic heterocycles. The van der Waals surface area contributed by atoms with Gasteiger partial charge in [-0.15, -0.1) is 10.2 Å². The number of hydrogen-bond donors (Lipinski definition) is 1. The van der Waals surface area contributed by atoms with Gasteiger partial charge in [0.25, 0.3) is 5.91 Å². The summed E-state index contributed by atoms with van der Waals surface area (Å²) < 4.78 is 40.7. The Morgan fingerprint density at radius 2 is 1.97 bits per heavy atom. The number of sulfonamides is 1. The second-order valence-electron chi connectivity index (χ2n) is 7.07. The first kappa shape index (κ1) is 21.8. The van der Waals surface area contributed by atoms with E-state index in [1.165, 1.54) is 22.5 Å². The zero-order chi connectivity index (χ0) is 22.0. The van der Waals surface area contributed by atoms with Gasteiger partial charge >= 0.3 is 0 Å². The van der Waals surface area contributed by atoms with E-state index in [4.69, 9.17) is 11.6 Å². The summed E-state index contributed by atoms with van der Waals surface area (Å²) in [5.41, 5.74) is 0.580. The molecule has 0 spiro atoms. The van der Waals surface area contributed by atoms with Gasteiger partial charge in [-0.25, -0.2) is 12.8 Å². The standard InChI is InChI=1S/C20H18ClFN4O3S2/c21-14-6-8-16(9-7-14)23-18(27)20-25-24-19(30-20)13-3-2-10-26(12-13)31(28,29)17-5-1-4-15(22)11-17/h1,4-9,11,13H,2-3,10,12H2,(H,23,27)/t13-/m1/s1.